The molecule has 4 amide bonds. The van der Waals surface area contributed by atoms with Crippen molar-refractivity contribution in [1.82, 2.24) is 25.9 Å². The van der Waals surface area contributed by atoms with Gasteiger partial charge in [-0.1, -0.05) is 30.3 Å². The van der Waals surface area contributed by atoms with Crippen LogP contribution < -0.4 is 27.4 Å². The molecule has 14 nitrogen and oxygen atoms in total. The van der Waals surface area contributed by atoms with Crippen molar-refractivity contribution in [1.29, 1.82) is 0 Å². The number of primary amides is 1. The van der Waals surface area contributed by atoms with Crippen LogP contribution in [0.15, 0.2) is 42.9 Å². The molecule has 0 radical (unpaired) electrons. The maximum absolute atomic E-state index is 13.1. The quantitative estimate of drug-likeness (QED) is 0.123. The number of carboxylic acids is 1. The number of carbonyl (C=O) groups excluding carboxylic acids is 4. The third kappa shape index (κ3) is 9.63. The predicted octanol–water partition coefficient (Wildman–Crippen LogP) is -2.29. The number of benzene rings is 1. The zero-order chi connectivity index (χ0) is 28.2. The topological polar surface area (TPSA) is 243 Å². The van der Waals surface area contributed by atoms with Crippen LogP contribution >= 0.6 is 0 Å². The van der Waals surface area contributed by atoms with Crippen molar-refractivity contribution >= 4 is 29.6 Å². The molecular formula is C24H33N7O7. The van der Waals surface area contributed by atoms with Crippen molar-refractivity contribution in [3.63, 3.8) is 0 Å². The SMILES string of the molecule is CC(O)C(NC(=O)C(N)Cc1cnc[nH]1)C(=O)NC(Cc1ccccc1)C(=O)NC(CCC(N)=O)C(=O)O. The van der Waals surface area contributed by atoms with Crippen molar-refractivity contribution < 1.29 is 34.2 Å². The van der Waals surface area contributed by atoms with E-state index >= 15 is 0 Å². The number of aromatic amines is 1. The Hall–Kier alpha value is -4.30. The zero-order valence-electron chi connectivity index (χ0n) is 20.8. The number of amides is 4. The molecule has 206 valence electrons. The fourth-order valence-electron chi connectivity index (χ4n) is 3.53. The maximum Gasteiger partial charge on any atom is 0.326 e. The Labute approximate surface area is 218 Å². The molecule has 1 aromatic heterocycles. The summed E-state index contributed by atoms with van der Waals surface area (Å²) in [4.78, 5) is 68.1. The third-order valence-corrected chi connectivity index (χ3v) is 5.60. The van der Waals surface area contributed by atoms with E-state index in [4.69, 9.17) is 11.5 Å². The third-order valence-electron chi connectivity index (χ3n) is 5.60. The second-order valence-electron chi connectivity index (χ2n) is 8.77. The highest BCUT2D eigenvalue weighted by Gasteiger charge is 2.32. The van der Waals surface area contributed by atoms with Gasteiger partial charge in [-0.05, 0) is 18.9 Å². The lowest BCUT2D eigenvalue weighted by molar-refractivity contribution is -0.142. The van der Waals surface area contributed by atoms with Crippen LogP contribution in [0.1, 0.15) is 31.0 Å². The first-order valence-corrected chi connectivity index (χ1v) is 11.8. The van der Waals surface area contributed by atoms with Gasteiger partial charge in [0.15, 0.2) is 0 Å². The number of aliphatic carboxylic acids is 1. The fraction of sp³-hybridized carbons (Fsp3) is 0.417. The van der Waals surface area contributed by atoms with Crippen molar-refractivity contribution in [3.05, 3.63) is 54.1 Å². The molecule has 0 bridgehead atoms. The van der Waals surface area contributed by atoms with Crippen LogP contribution in [0.4, 0.5) is 0 Å². The fourth-order valence-corrected chi connectivity index (χ4v) is 3.53. The van der Waals surface area contributed by atoms with Crippen molar-refractivity contribution in [3.8, 4) is 0 Å². The molecular weight excluding hydrogens is 498 g/mol. The number of H-pyrrole nitrogens is 1. The molecule has 14 heteroatoms. The summed E-state index contributed by atoms with van der Waals surface area (Å²) in [6.45, 7) is 1.28. The smallest absolute Gasteiger partial charge is 0.326 e. The summed E-state index contributed by atoms with van der Waals surface area (Å²) in [5, 5.41) is 26.8. The highest BCUT2D eigenvalue weighted by atomic mass is 16.4. The Morgan fingerprint density at radius 3 is 2.18 bits per heavy atom. The van der Waals surface area contributed by atoms with E-state index in [0.29, 0.717) is 11.3 Å². The van der Waals surface area contributed by atoms with E-state index in [0.717, 1.165) is 0 Å². The van der Waals surface area contributed by atoms with E-state index in [1.807, 2.05) is 0 Å². The van der Waals surface area contributed by atoms with Gasteiger partial charge in [-0.25, -0.2) is 9.78 Å². The van der Waals surface area contributed by atoms with Crippen LogP contribution in [0.5, 0.6) is 0 Å². The van der Waals surface area contributed by atoms with Crippen molar-refractivity contribution in [2.24, 2.45) is 11.5 Å². The van der Waals surface area contributed by atoms with Gasteiger partial charge in [-0.2, -0.15) is 0 Å². The summed E-state index contributed by atoms with van der Waals surface area (Å²) < 4.78 is 0. The van der Waals surface area contributed by atoms with Gasteiger partial charge in [-0.3, -0.25) is 19.2 Å². The first-order valence-electron chi connectivity index (χ1n) is 11.8. The number of imidazole rings is 1. The van der Waals surface area contributed by atoms with Gasteiger partial charge in [0.2, 0.25) is 23.6 Å². The number of aliphatic hydroxyl groups excluding tert-OH is 1. The lowest BCUT2D eigenvalue weighted by atomic mass is 10.0. The minimum absolute atomic E-state index is 0.0274. The average Bonchev–Trinajstić information content (AvgIpc) is 3.37. The number of nitrogens with zero attached hydrogens (tertiary/aromatic N) is 1. The van der Waals surface area contributed by atoms with E-state index in [2.05, 4.69) is 25.9 Å². The molecule has 0 saturated heterocycles. The Kier molecular flexibility index (Phi) is 11.4. The second-order valence-corrected chi connectivity index (χ2v) is 8.77. The first-order chi connectivity index (χ1) is 18.0. The number of aromatic nitrogens is 2. The standard InChI is InChI=1S/C24H33N7O7/c1-13(32)20(31-21(34)16(25)10-15-11-27-12-28-15)23(36)30-18(9-14-5-3-2-4-6-14)22(35)29-17(24(37)38)7-8-19(26)33/h2-6,11-13,16-18,20,32H,7-10,25H2,1H3,(H2,26,33)(H,27,28)(H,29,35)(H,30,36)(H,31,34)(H,37,38). The second kappa shape index (κ2) is 14.4. The first kappa shape index (κ1) is 29.9. The van der Waals surface area contributed by atoms with Gasteiger partial charge >= 0.3 is 5.97 Å². The lowest BCUT2D eigenvalue weighted by Crippen LogP contribution is -2.60. The van der Waals surface area contributed by atoms with Crippen LogP contribution in [0.3, 0.4) is 0 Å². The summed E-state index contributed by atoms with van der Waals surface area (Å²) in [6.07, 6.45) is 1.10. The predicted molar refractivity (Wildman–Crippen MR) is 134 cm³/mol. The van der Waals surface area contributed by atoms with Crippen LogP contribution in [0.25, 0.3) is 0 Å². The Balaban J connectivity index is 2.17. The van der Waals surface area contributed by atoms with Crippen LogP contribution in [-0.4, -0.2) is 80.1 Å². The summed E-state index contributed by atoms with van der Waals surface area (Å²) >= 11 is 0. The summed E-state index contributed by atoms with van der Waals surface area (Å²) in [7, 11) is 0. The minimum Gasteiger partial charge on any atom is -0.480 e. The molecule has 0 spiro atoms. The average molecular weight is 532 g/mol. The Morgan fingerprint density at radius 2 is 1.63 bits per heavy atom. The molecule has 0 aliphatic carbocycles. The van der Waals surface area contributed by atoms with Gasteiger partial charge < -0.3 is 42.6 Å². The van der Waals surface area contributed by atoms with Crippen LogP contribution in [0.2, 0.25) is 0 Å². The summed E-state index contributed by atoms with van der Waals surface area (Å²) in [5.74, 6) is -4.57. The zero-order valence-corrected chi connectivity index (χ0v) is 20.8. The van der Waals surface area contributed by atoms with E-state index in [1.54, 1.807) is 30.3 Å². The molecule has 1 heterocycles. The Morgan fingerprint density at radius 1 is 0.974 bits per heavy atom. The molecule has 38 heavy (non-hydrogen) atoms. The van der Waals surface area contributed by atoms with Crippen LogP contribution in [-0.2, 0) is 36.8 Å². The number of rotatable bonds is 15. The minimum atomic E-state index is -1.47. The van der Waals surface area contributed by atoms with E-state index < -0.39 is 59.9 Å². The highest BCUT2D eigenvalue weighted by Crippen LogP contribution is 2.07. The largest absolute Gasteiger partial charge is 0.480 e. The van der Waals surface area contributed by atoms with E-state index in [1.165, 1.54) is 19.4 Å². The highest BCUT2D eigenvalue weighted by molar-refractivity contribution is 5.94. The number of aliphatic hydroxyl groups is 1. The van der Waals surface area contributed by atoms with Crippen molar-refractivity contribution in [2.45, 2.75) is 62.9 Å². The van der Waals surface area contributed by atoms with Crippen LogP contribution in [0, 0.1) is 0 Å². The molecule has 0 aliphatic rings. The molecule has 5 atom stereocenters. The van der Waals surface area contributed by atoms with E-state index in [-0.39, 0.29) is 25.7 Å². The normalized spacial score (nSPS) is 14.8. The molecule has 1 aromatic carbocycles. The van der Waals surface area contributed by atoms with Crippen molar-refractivity contribution in [2.75, 3.05) is 0 Å². The molecule has 2 rings (SSSR count). The number of hydrogen-bond acceptors (Lipinski definition) is 8. The Bertz CT molecular complexity index is 1090. The molecule has 0 saturated carbocycles. The van der Waals surface area contributed by atoms with Gasteiger partial charge in [0.1, 0.15) is 18.1 Å². The maximum atomic E-state index is 13.1. The van der Waals surface area contributed by atoms with Gasteiger partial charge in [0, 0.05) is 31.2 Å². The number of nitrogens with two attached hydrogens (primary N) is 2. The summed E-state index contributed by atoms with van der Waals surface area (Å²) in [5.41, 5.74) is 12.2. The van der Waals surface area contributed by atoms with Gasteiger partial charge in [0.05, 0.1) is 18.5 Å². The number of carboxylic acid groups (broad SMARTS) is 1. The van der Waals surface area contributed by atoms with Gasteiger partial charge in [0.25, 0.3) is 0 Å². The number of hydrogen-bond donors (Lipinski definition) is 8. The number of nitrogens with one attached hydrogen (secondary N) is 4. The van der Waals surface area contributed by atoms with Gasteiger partial charge in [-0.15, -0.1) is 0 Å². The summed E-state index contributed by atoms with van der Waals surface area (Å²) in [6, 6.07) is 3.37. The molecule has 2 aromatic rings. The monoisotopic (exact) mass is 531 g/mol. The van der Waals surface area contributed by atoms with E-state index in [9.17, 15) is 34.2 Å². The molecule has 0 aliphatic heterocycles. The molecule has 10 N–H and O–H groups in total. The number of carbonyl (C=O) groups is 5. The molecule has 0 fully saturated rings. The lowest BCUT2D eigenvalue weighted by Gasteiger charge is -2.26. The molecule has 5 unspecified atom stereocenters.